The quantitative estimate of drug-likeness (QED) is 0.686. The van der Waals surface area contributed by atoms with Gasteiger partial charge in [0.25, 0.3) is 0 Å². The van der Waals surface area contributed by atoms with Gasteiger partial charge in [-0.25, -0.2) is 0 Å². The third kappa shape index (κ3) is 1.96. The summed E-state index contributed by atoms with van der Waals surface area (Å²) in [5.74, 6) is 0. The first-order chi connectivity index (χ1) is 6.75. The Bertz CT molecular complexity index is 316. The second-order valence-electron chi connectivity index (χ2n) is 3.72. The topological polar surface area (TPSA) is 62.4 Å². The molecule has 1 aliphatic heterocycles. The van der Waals surface area contributed by atoms with E-state index in [4.69, 9.17) is 5.73 Å². The van der Waals surface area contributed by atoms with Gasteiger partial charge in [-0.15, -0.1) is 0 Å². The molecule has 0 aromatic carbocycles. The molecule has 0 amide bonds. The maximum absolute atomic E-state index is 9.52. The molecule has 2 rings (SSSR count). The Morgan fingerprint density at radius 3 is 3.07 bits per heavy atom. The van der Waals surface area contributed by atoms with Gasteiger partial charge in [-0.05, 0) is 18.9 Å². The number of rotatable bonds is 1. The third-order valence-electron chi connectivity index (χ3n) is 2.51. The van der Waals surface area contributed by atoms with E-state index in [1.54, 1.807) is 12.4 Å². The van der Waals surface area contributed by atoms with Crippen LogP contribution in [-0.2, 0) is 0 Å². The van der Waals surface area contributed by atoms with Crippen molar-refractivity contribution < 1.29 is 5.11 Å². The highest BCUT2D eigenvalue weighted by Crippen LogP contribution is 2.20. The normalized spacial score (nSPS) is 22.4. The van der Waals surface area contributed by atoms with E-state index in [0.717, 1.165) is 25.1 Å². The Labute approximate surface area is 83.4 Å². The average Bonchev–Trinajstić information content (AvgIpc) is 2.18. The summed E-state index contributed by atoms with van der Waals surface area (Å²) < 4.78 is 0. The van der Waals surface area contributed by atoms with E-state index < -0.39 is 0 Å². The molecular formula is C10H15N3O. The number of hydrogen-bond donors (Lipinski definition) is 2. The maximum Gasteiger partial charge on any atom is 0.0715 e. The number of anilines is 2. The summed E-state index contributed by atoms with van der Waals surface area (Å²) in [6, 6.07) is 1.89. The molecule has 76 valence electrons. The first-order valence-corrected chi connectivity index (χ1v) is 4.89. The van der Waals surface area contributed by atoms with Gasteiger partial charge in [0, 0.05) is 19.3 Å². The Kier molecular flexibility index (Phi) is 2.54. The fourth-order valence-electron chi connectivity index (χ4n) is 1.81. The fraction of sp³-hybridized carbons (Fsp3) is 0.500. The highest BCUT2D eigenvalue weighted by Gasteiger charge is 2.17. The Morgan fingerprint density at radius 1 is 1.50 bits per heavy atom. The summed E-state index contributed by atoms with van der Waals surface area (Å²) in [6.45, 7) is 1.66. The molecule has 1 atom stereocenters. The molecule has 4 heteroatoms. The Balaban J connectivity index is 2.14. The van der Waals surface area contributed by atoms with Crippen LogP contribution in [0.5, 0.6) is 0 Å². The summed E-state index contributed by atoms with van der Waals surface area (Å²) >= 11 is 0. The zero-order chi connectivity index (χ0) is 9.97. The number of hydrogen-bond acceptors (Lipinski definition) is 4. The third-order valence-corrected chi connectivity index (χ3v) is 2.51. The standard InChI is InChI=1S/C10H15N3O/c11-8-4-9(6-12-5-8)13-3-1-2-10(14)7-13/h4-6,10,14H,1-3,7,11H2. The van der Waals surface area contributed by atoms with Crippen molar-refractivity contribution in [1.82, 2.24) is 4.98 Å². The summed E-state index contributed by atoms with van der Waals surface area (Å²) in [4.78, 5) is 6.16. The van der Waals surface area contributed by atoms with E-state index in [-0.39, 0.29) is 6.10 Å². The maximum atomic E-state index is 9.52. The molecule has 1 aromatic heterocycles. The van der Waals surface area contributed by atoms with E-state index in [1.165, 1.54) is 0 Å². The van der Waals surface area contributed by atoms with Crippen LogP contribution in [-0.4, -0.2) is 29.3 Å². The van der Waals surface area contributed by atoms with Gasteiger partial charge in [-0.1, -0.05) is 0 Å². The van der Waals surface area contributed by atoms with Crippen LogP contribution < -0.4 is 10.6 Å². The van der Waals surface area contributed by atoms with Crippen LogP contribution in [0.1, 0.15) is 12.8 Å². The second-order valence-corrected chi connectivity index (χ2v) is 3.72. The monoisotopic (exact) mass is 193 g/mol. The van der Waals surface area contributed by atoms with Crippen LogP contribution in [0.15, 0.2) is 18.5 Å². The van der Waals surface area contributed by atoms with Crippen molar-refractivity contribution in [2.24, 2.45) is 0 Å². The summed E-state index contributed by atoms with van der Waals surface area (Å²) in [5.41, 5.74) is 7.32. The number of aromatic nitrogens is 1. The van der Waals surface area contributed by atoms with Gasteiger partial charge >= 0.3 is 0 Å². The minimum absolute atomic E-state index is 0.217. The Morgan fingerprint density at radius 2 is 2.36 bits per heavy atom. The molecule has 1 aromatic rings. The van der Waals surface area contributed by atoms with E-state index in [0.29, 0.717) is 12.2 Å². The van der Waals surface area contributed by atoms with Gasteiger partial charge in [-0.2, -0.15) is 0 Å². The number of nitrogens with zero attached hydrogens (tertiary/aromatic N) is 2. The molecule has 0 saturated carbocycles. The zero-order valence-corrected chi connectivity index (χ0v) is 8.06. The second kappa shape index (κ2) is 3.84. The number of pyridine rings is 1. The molecule has 0 spiro atoms. The number of nitrogen functional groups attached to an aromatic ring is 1. The lowest BCUT2D eigenvalue weighted by molar-refractivity contribution is 0.154. The minimum Gasteiger partial charge on any atom is -0.397 e. The number of β-amino-alcohol motifs (C(OH)–C–C–N with tert-alkyl or cyclic N) is 1. The van der Waals surface area contributed by atoms with Gasteiger partial charge in [0.1, 0.15) is 0 Å². The molecular weight excluding hydrogens is 178 g/mol. The van der Waals surface area contributed by atoms with Gasteiger partial charge in [-0.3, -0.25) is 4.98 Å². The molecule has 1 unspecified atom stereocenters. The van der Waals surface area contributed by atoms with Crippen LogP contribution in [0.25, 0.3) is 0 Å². The van der Waals surface area contributed by atoms with Crippen molar-refractivity contribution in [2.75, 3.05) is 23.7 Å². The molecule has 1 aliphatic rings. The van der Waals surface area contributed by atoms with Crippen molar-refractivity contribution >= 4 is 11.4 Å². The fourth-order valence-corrected chi connectivity index (χ4v) is 1.81. The van der Waals surface area contributed by atoms with Crippen molar-refractivity contribution in [2.45, 2.75) is 18.9 Å². The predicted octanol–water partition coefficient (Wildman–Crippen LogP) is 0.625. The molecule has 4 nitrogen and oxygen atoms in total. The lowest BCUT2D eigenvalue weighted by Crippen LogP contribution is -2.38. The van der Waals surface area contributed by atoms with Crippen LogP contribution in [0, 0.1) is 0 Å². The smallest absolute Gasteiger partial charge is 0.0715 e. The van der Waals surface area contributed by atoms with Crippen molar-refractivity contribution in [3.05, 3.63) is 18.5 Å². The summed E-state index contributed by atoms with van der Waals surface area (Å²) in [5, 5.41) is 9.52. The van der Waals surface area contributed by atoms with Crippen molar-refractivity contribution in [3.63, 3.8) is 0 Å². The number of nitrogens with two attached hydrogens (primary N) is 1. The average molecular weight is 193 g/mol. The molecule has 14 heavy (non-hydrogen) atoms. The highest BCUT2D eigenvalue weighted by molar-refractivity contribution is 5.53. The van der Waals surface area contributed by atoms with Crippen LogP contribution >= 0.6 is 0 Å². The molecule has 1 saturated heterocycles. The van der Waals surface area contributed by atoms with E-state index in [2.05, 4.69) is 9.88 Å². The van der Waals surface area contributed by atoms with Crippen LogP contribution in [0.2, 0.25) is 0 Å². The summed E-state index contributed by atoms with van der Waals surface area (Å²) in [6.07, 6.45) is 5.12. The largest absolute Gasteiger partial charge is 0.397 e. The first kappa shape index (κ1) is 9.27. The molecule has 3 N–H and O–H groups in total. The van der Waals surface area contributed by atoms with Gasteiger partial charge in [0.15, 0.2) is 0 Å². The lowest BCUT2D eigenvalue weighted by Gasteiger charge is -2.31. The molecule has 1 fully saturated rings. The zero-order valence-electron chi connectivity index (χ0n) is 8.06. The van der Waals surface area contributed by atoms with Gasteiger partial charge in [0.05, 0.1) is 23.7 Å². The van der Waals surface area contributed by atoms with Crippen LogP contribution in [0.3, 0.4) is 0 Å². The first-order valence-electron chi connectivity index (χ1n) is 4.89. The molecule has 0 bridgehead atoms. The molecule has 2 heterocycles. The van der Waals surface area contributed by atoms with E-state index in [9.17, 15) is 5.11 Å². The van der Waals surface area contributed by atoms with E-state index >= 15 is 0 Å². The Hall–Kier alpha value is -1.29. The number of aliphatic hydroxyl groups excluding tert-OH is 1. The SMILES string of the molecule is Nc1cncc(N2CCCC(O)C2)c1. The van der Waals surface area contributed by atoms with Crippen LogP contribution in [0.4, 0.5) is 11.4 Å². The highest BCUT2D eigenvalue weighted by atomic mass is 16.3. The van der Waals surface area contributed by atoms with E-state index in [1.807, 2.05) is 6.07 Å². The predicted molar refractivity (Wildman–Crippen MR) is 56.1 cm³/mol. The van der Waals surface area contributed by atoms with Crippen molar-refractivity contribution in [1.29, 1.82) is 0 Å². The number of aliphatic hydroxyl groups is 1. The number of piperidine rings is 1. The summed E-state index contributed by atoms with van der Waals surface area (Å²) in [7, 11) is 0. The lowest BCUT2D eigenvalue weighted by atomic mass is 10.1. The minimum atomic E-state index is -0.217. The molecule has 0 aliphatic carbocycles. The van der Waals surface area contributed by atoms with Gasteiger partial charge in [0.2, 0.25) is 0 Å². The van der Waals surface area contributed by atoms with Gasteiger partial charge < -0.3 is 15.7 Å². The molecule has 0 radical (unpaired) electrons. The van der Waals surface area contributed by atoms with Crippen molar-refractivity contribution in [3.8, 4) is 0 Å².